The number of ether oxygens (including phenoxy) is 2. The van der Waals surface area contributed by atoms with E-state index in [0.717, 1.165) is 12.1 Å². The van der Waals surface area contributed by atoms with Crippen molar-refractivity contribution in [2.24, 2.45) is 0 Å². The first-order chi connectivity index (χ1) is 10.4. The summed E-state index contributed by atoms with van der Waals surface area (Å²) in [4.78, 5) is 19.2. The van der Waals surface area contributed by atoms with Gasteiger partial charge >= 0.3 is 12.1 Å². The maximum Gasteiger partial charge on any atom is 0.419 e. The van der Waals surface area contributed by atoms with Gasteiger partial charge in [-0.2, -0.15) is 13.2 Å². The predicted molar refractivity (Wildman–Crippen MR) is 69.5 cm³/mol. The zero-order chi connectivity index (χ0) is 16.2. The standard InChI is InChI=1S/C14H11F3N2O3/c1-2-21-13(20)11-12(19-8-7-18-11)22-10-6-4-3-5-9(10)14(15,16)17/h3-8H,2H2,1H3. The van der Waals surface area contributed by atoms with Gasteiger partial charge in [-0.25, -0.2) is 14.8 Å². The quantitative estimate of drug-likeness (QED) is 0.809. The second kappa shape index (κ2) is 6.42. The Morgan fingerprint density at radius 1 is 1.18 bits per heavy atom. The molecule has 116 valence electrons. The minimum absolute atomic E-state index is 0.0913. The van der Waals surface area contributed by atoms with E-state index >= 15 is 0 Å². The van der Waals surface area contributed by atoms with Crippen LogP contribution in [0.1, 0.15) is 23.0 Å². The fourth-order valence-electron chi connectivity index (χ4n) is 1.63. The lowest BCUT2D eigenvalue weighted by Gasteiger charge is -2.13. The van der Waals surface area contributed by atoms with Crippen LogP contribution in [-0.2, 0) is 10.9 Å². The summed E-state index contributed by atoms with van der Waals surface area (Å²) in [6.07, 6.45) is -2.17. The van der Waals surface area contributed by atoms with E-state index in [2.05, 4.69) is 9.97 Å². The Hall–Kier alpha value is -2.64. The molecule has 0 aliphatic rings. The van der Waals surface area contributed by atoms with Crippen LogP contribution in [0.15, 0.2) is 36.7 Å². The number of nitrogens with zero attached hydrogens (tertiary/aromatic N) is 2. The molecule has 2 rings (SSSR count). The maximum absolute atomic E-state index is 12.9. The molecule has 22 heavy (non-hydrogen) atoms. The molecule has 5 nitrogen and oxygen atoms in total. The van der Waals surface area contributed by atoms with Crippen LogP contribution in [0.5, 0.6) is 11.6 Å². The van der Waals surface area contributed by atoms with Gasteiger partial charge < -0.3 is 9.47 Å². The van der Waals surface area contributed by atoms with Crippen molar-refractivity contribution in [2.75, 3.05) is 6.61 Å². The van der Waals surface area contributed by atoms with Crippen LogP contribution in [0.3, 0.4) is 0 Å². The minimum atomic E-state index is -4.59. The van der Waals surface area contributed by atoms with Gasteiger partial charge in [-0.15, -0.1) is 0 Å². The van der Waals surface area contributed by atoms with E-state index in [1.54, 1.807) is 6.92 Å². The molecule has 0 saturated carbocycles. The Labute approximate surface area is 123 Å². The second-order valence-corrected chi connectivity index (χ2v) is 4.03. The van der Waals surface area contributed by atoms with E-state index in [-0.39, 0.29) is 18.2 Å². The number of benzene rings is 1. The number of carbonyl (C=O) groups excluding carboxylic acids is 1. The zero-order valence-electron chi connectivity index (χ0n) is 11.4. The Balaban J connectivity index is 2.39. The third-order valence-corrected chi connectivity index (χ3v) is 2.53. The molecule has 1 aromatic heterocycles. The number of para-hydroxylation sites is 1. The van der Waals surface area contributed by atoms with Crippen molar-refractivity contribution in [3.63, 3.8) is 0 Å². The number of esters is 1. The van der Waals surface area contributed by atoms with Gasteiger partial charge in [0, 0.05) is 12.4 Å². The SMILES string of the molecule is CCOC(=O)c1nccnc1Oc1ccccc1C(F)(F)F. The summed E-state index contributed by atoms with van der Waals surface area (Å²) in [5, 5.41) is 0. The number of rotatable bonds is 4. The Morgan fingerprint density at radius 3 is 2.55 bits per heavy atom. The van der Waals surface area contributed by atoms with Crippen molar-refractivity contribution >= 4 is 5.97 Å². The topological polar surface area (TPSA) is 61.3 Å². The molecule has 8 heteroatoms. The monoisotopic (exact) mass is 312 g/mol. The second-order valence-electron chi connectivity index (χ2n) is 4.03. The van der Waals surface area contributed by atoms with E-state index in [1.165, 1.54) is 24.5 Å². The molecule has 1 heterocycles. The van der Waals surface area contributed by atoms with E-state index in [1.807, 2.05) is 0 Å². The third-order valence-electron chi connectivity index (χ3n) is 2.53. The minimum Gasteiger partial charge on any atom is -0.461 e. The van der Waals surface area contributed by atoms with Crippen molar-refractivity contribution in [3.05, 3.63) is 47.9 Å². The van der Waals surface area contributed by atoms with Gasteiger partial charge in [-0.05, 0) is 19.1 Å². The van der Waals surface area contributed by atoms with E-state index in [9.17, 15) is 18.0 Å². The van der Waals surface area contributed by atoms with Crippen LogP contribution < -0.4 is 4.74 Å². The molecule has 0 aliphatic heterocycles. The van der Waals surface area contributed by atoms with Crippen molar-refractivity contribution < 1.29 is 27.4 Å². The molecule has 1 aromatic carbocycles. The Morgan fingerprint density at radius 2 is 1.86 bits per heavy atom. The van der Waals surface area contributed by atoms with Crippen LogP contribution >= 0.6 is 0 Å². The van der Waals surface area contributed by atoms with Crippen molar-refractivity contribution in [3.8, 4) is 11.6 Å². The van der Waals surface area contributed by atoms with Crippen molar-refractivity contribution in [2.45, 2.75) is 13.1 Å². The average Bonchev–Trinajstić information content (AvgIpc) is 2.47. The molecule has 0 spiro atoms. The molecule has 0 fully saturated rings. The Kier molecular flexibility index (Phi) is 4.59. The molecule has 0 aliphatic carbocycles. The van der Waals surface area contributed by atoms with Gasteiger partial charge in [0.1, 0.15) is 5.75 Å². The van der Waals surface area contributed by atoms with E-state index < -0.39 is 23.5 Å². The van der Waals surface area contributed by atoms with Gasteiger partial charge in [-0.1, -0.05) is 12.1 Å². The molecule has 0 amide bonds. The molecular formula is C14H11F3N2O3. The first kappa shape index (κ1) is 15.7. The van der Waals surface area contributed by atoms with Gasteiger partial charge in [0.2, 0.25) is 5.69 Å². The van der Waals surface area contributed by atoms with Gasteiger partial charge in [0.15, 0.2) is 0 Å². The Bertz CT molecular complexity index is 674. The molecule has 0 bridgehead atoms. The molecule has 0 atom stereocenters. The lowest BCUT2D eigenvalue weighted by atomic mass is 10.2. The van der Waals surface area contributed by atoms with Crippen LogP contribution in [0.4, 0.5) is 13.2 Å². The van der Waals surface area contributed by atoms with Crippen LogP contribution in [0.2, 0.25) is 0 Å². The fraction of sp³-hybridized carbons (Fsp3) is 0.214. The fourth-order valence-corrected chi connectivity index (χ4v) is 1.63. The highest BCUT2D eigenvalue weighted by Gasteiger charge is 2.34. The lowest BCUT2D eigenvalue weighted by molar-refractivity contribution is -0.138. The smallest absolute Gasteiger partial charge is 0.419 e. The first-order valence-corrected chi connectivity index (χ1v) is 6.25. The summed E-state index contributed by atoms with van der Waals surface area (Å²) < 4.78 is 48.7. The van der Waals surface area contributed by atoms with Crippen LogP contribution in [0.25, 0.3) is 0 Å². The predicted octanol–water partition coefficient (Wildman–Crippen LogP) is 3.46. The molecule has 0 radical (unpaired) electrons. The molecule has 0 N–H and O–H groups in total. The third kappa shape index (κ3) is 3.51. The summed E-state index contributed by atoms with van der Waals surface area (Å²) in [7, 11) is 0. The number of aromatic nitrogens is 2. The normalized spacial score (nSPS) is 11.1. The van der Waals surface area contributed by atoms with Crippen LogP contribution in [0, 0.1) is 0 Å². The van der Waals surface area contributed by atoms with Gasteiger partial charge in [0.05, 0.1) is 12.2 Å². The highest BCUT2D eigenvalue weighted by Crippen LogP contribution is 2.37. The van der Waals surface area contributed by atoms with Gasteiger partial charge in [-0.3, -0.25) is 0 Å². The highest BCUT2D eigenvalue weighted by atomic mass is 19.4. The highest BCUT2D eigenvalue weighted by molar-refractivity contribution is 5.89. The van der Waals surface area contributed by atoms with Crippen molar-refractivity contribution in [1.29, 1.82) is 0 Å². The van der Waals surface area contributed by atoms with Crippen LogP contribution in [-0.4, -0.2) is 22.5 Å². The number of hydrogen-bond acceptors (Lipinski definition) is 5. The summed E-state index contributed by atoms with van der Waals surface area (Å²) in [5.74, 6) is -1.64. The summed E-state index contributed by atoms with van der Waals surface area (Å²) >= 11 is 0. The lowest BCUT2D eigenvalue weighted by Crippen LogP contribution is -2.11. The molecular weight excluding hydrogens is 301 g/mol. The summed E-state index contributed by atoms with van der Waals surface area (Å²) in [6, 6.07) is 4.62. The largest absolute Gasteiger partial charge is 0.461 e. The molecule has 2 aromatic rings. The van der Waals surface area contributed by atoms with E-state index in [4.69, 9.17) is 9.47 Å². The number of hydrogen-bond donors (Lipinski definition) is 0. The summed E-state index contributed by atoms with van der Waals surface area (Å²) in [6.45, 7) is 1.68. The van der Waals surface area contributed by atoms with Gasteiger partial charge in [0.25, 0.3) is 5.88 Å². The van der Waals surface area contributed by atoms with E-state index in [0.29, 0.717) is 0 Å². The molecule has 0 unspecified atom stereocenters. The number of halogens is 3. The zero-order valence-corrected chi connectivity index (χ0v) is 11.4. The number of alkyl halides is 3. The number of carbonyl (C=O) groups is 1. The first-order valence-electron chi connectivity index (χ1n) is 6.25. The average molecular weight is 312 g/mol. The molecule has 0 saturated heterocycles. The summed E-state index contributed by atoms with van der Waals surface area (Å²) in [5.41, 5.74) is -1.27. The van der Waals surface area contributed by atoms with Crippen molar-refractivity contribution in [1.82, 2.24) is 9.97 Å². The maximum atomic E-state index is 12.9.